The molecule has 0 heterocycles. The largest absolute Gasteiger partial charge is 0.388 e. The Morgan fingerprint density at radius 3 is 2.56 bits per heavy atom. The van der Waals surface area contributed by atoms with Crippen LogP contribution in [-0.4, -0.2) is 23.3 Å². The number of carbonyl (C=O) groups is 1. The van der Waals surface area contributed by atoms with E-state index in [0.29, 0.717) is 17.7 Å². The highest BCUT2D eigenvalue weighted by molar-refractivity contribution is 5.89. The summed E-state index contributed by atoms with van der Waals surface area (Å²) in [5, 5.41) is 23.6. The number of amides is 2. The maximum Gasteiger partial charge on any atom is 0.319 e. The van der Waals surface area contributed by atoms with Gasteiger partial charge in [-0.15, -0.1) is 0 Å². The zero-order valence-corrected chi connectivity index (χ0v) is 10.5. The zero-order chi connectivity index (χ0) is 13.6. The fourth-order valence-corrected chi connectivity index (χ4v) is 1.20. The summed E-state index contributed by atoms with van der Waals surface area (Å²) < 4.78 is 0. The van der Waals surface area contributed by atoms with E-state index >= 15 is 0 Å². The second kappa shape index (κ2) is 6.03. The van der Waals surface area contributed by atoms with Crippen LogP contribution in [0.1, 0.15) is 25.8 Å². The third-order valence-corrected chi connectivity index (χ3v) is 2.66. The number of hydrogen-bond acceptors (Lipinski definition) is 3. The number of hydrogen-bond donors (Lipinski definition) is 3. The summed E-state index contributed by atoms with van der Waals surface area (Å²) in [6.07, 6.45) is 0.560. The molecule has 0 aliphatic carbocycles. The normalized spacial score (nSPS) is 13.2. The molecule has 0 aliphatic rings. The molecule has 0 radical (unpaired) electrons. The number of urea groups is 1. The molecular formula is C13H17N3O2. The summed E-state index contributed by atoms with van der Waals surface area (Å²) in [4.78, 5) is 11.5. The van der Waals surface area contributed by atoms with Crippen LogP contribution >= 0.6 is 0 Å². The average molecular weight is 247 g/mol. The van der Waals surface area contributed by atoms with Crippen molar-refractivity contribution in [3.05, 3.63) is 29.8 Å². The van der Waals surface area contributed by atoms with Crippen molar-refractivity contribution in [2.24, 2.45) is 0 Å². The Balaban J connectivity index is 2.47. The Morgan fingerprint density at radius 2 is 2.06 bits per heavy atom. The van der Waals surface area contributed by atoms with Crippen molar-refractivity contribution in [3.8, 4) is 6.07 Å². The lowest BCUT2D eigenvalue weighted by Crippen LogP contribution is -2.41. The quantitative estimate of drug-likeness (QED) is 0.759. The van der Waals surface area contributed by atoms with E-state index in [4.69, 9.17) is 5.26 Å². The molecule has 0 saturated carbocycles. The number of carbonyl (C=O) groups excluding carboxylic acids is 1. The third-order valence-electron chi connectivity index (χ3n) is 2.66. The van der Waals surface area contributed by atoms with Crippen molar-refractivity contribution >= 4 is 11.7 Å². The third kappa shape index (κ3) is 4.44. The van der Waals surface area contributed by atoms with Crippen molar-refractivity contribution in [1.29, 1.82) is 5.26 Å². The highest BCUT2D eigenvalue weighted by atomic mass is 16.3. The summed E-state index contributed by atoms with van der Waals surface area (Å²) >= 11 is 0. The van der Waals surface area contributed by atoms with Gasteiger partial charge < -0.3 is 15.7 Å². The predicted octanol–water partition coefficient (Wildman–Crippen LogP) is 1.84. The Labute approximate surface area is 106 Å². The molecule has 96 valence electrons. The van der Waals surface area contributed by atoms with E-state index in [1.54, 1.807) is 31.2 Å². The van der Waals surface area contributed by atoms with Gasteiger partial charge in [0.1, 0.15) is 0 Å². The zero-order valence-electron chi connectivity index (χ0n) is 10.5. The van der Waals surface area contributed by atoms with E-state index < -0.39 is 5.60 Å². The molecule has 5 heteroatoms. The number of rotatable bonds is 4. The second-order valence-corrected chi connectivity index (χ2v) is 4.35. The molecule has 0 fully saturated rings. The Hall–Kier alpha value is -2.06. The van der Waals surface area contributed by atoms with Crippen molar-refractivity contribution in [2.45, 2.75) is 25.9 Å². The Bertz CT molecular complexity index is 446. The lowest BCUT2D eigenvalue weighted by atomic mass is 10.0. The first-order valence-electron chi connectivity index (χ1n) is 5.74. The minimum absolute atomic E-state index is 0.186. The molecule has 3 N–H and O–H groups in total. The van der Waals surface area contributed by atoms with Gasteiger partial charge in [0.25, 0.3) is 0 Å². The van der Waals surface area contributed by atoms with Crippen molar-refractivity contribution in [3.63, 3.8) is 0 Å². The van der Waals surface area contributed by atoms with Gasteiger partial charge in [-0.3, -0.25) is 0 Å². The van der Waals surface area contributed by atoms with Gasteiger partial charge >= 0.3 is 6.03 Å². The molecule has 2 amide bonds. The molecular weight excluding hydrogens is 230 g/mol. The second-order valence-electron chi connectivity index (χ2n) is 4.35. The van der Waals surface area contributed by atoms with Crippen molar-refractivity contribution < 1.29 is 9.90 Å². The van der Waals surface area contributed by atoms with Gasteiger partial charge in [-0.25, -0.2) is 4.79 Å². The number of anilines is 1. The van der Waals surface area contributed by atoms with Crippen LogP contribution in [0, 0.1) is 11.3 Å². The number of benzene rings is 1. The minimum Gasteiger partial charge on any atom is -0.388 e. The van der Waals surface area contributed by atoms with E-state index in [-0.39, 0.29) is 12.6 Å². The van der Waals surface area contributed by atoms with Gasteiger partial charge in [-0.1, -0.05) is 6.92 Å². The van der Waals surface area contributed by atoms with Gasteiger partial charge in [-0.2, -0.15) is 5.26 Å². The predicted molar refractivity (Wildman–Crippen MR) is 69.1 cm³/mol. The molecule has 0 bridgehead atoms. The van der Waals surface area contributed by atoms with Gasteiger partial charge in [0.05, 0.1) is 17.2 Å². The first kappa shape index (κ1) is 14.0. The summed E-state index contributed by atoms with van der Waals surface area (Å²) in [6, 6.07) is 8.16. The molecule has 1 rings (SSSR count). The molecule has 0 aliphatic heterocycles. The van der Waals surface area contributed by atoms with E-state index in [9.17, 15) is 9.90 Å². The molecule has 1 aromatic rings. The fraction of sp³-hybridized carbons (Fsp3) is 0.385. The smallest absolute Gasteiger partial charge is 0.319 e. The van der Waals surface area contributed by atoms with E-state index in [1.165, 1.54) is 0 Å². The molecule has 5 nitrogen and oxygen atoms in total. The highest BCUT2D eigenvalue weighted by Gasteiger charge is 2.18. The number of aliphatic hydroxyl groups is 1. The molecule has 0 aromatic heterocycles. The first-order valence-corrected chi connectivity index (χ1v) is 5.74. The standard InChI is InChI=1S/C13H17N3O2/c1-3-13(2,18)9-15-12(17)16-11-6-4-10(8-14)5-7-11/h4-7,18H,3,9H2,1-2H3,(H2,15,16,17)/t13-/m0/s1. The summed E-state index contributed by atoms with van der Waals surface area (Å²) in [5.41, 5.74) is 0.236. The molecule has 0 spiro atoms. The minimum atomic E-state index is -0.901. The Kier molecular flexibility index (Phi) is 4.69. The van der Waals surface area contributed by atoms with Crippen LogP contribution in [0.15, 0.2) is 24.3 Å². The average Bonchev–Trinajstić information content (AvgIpc) is 2.37. The van der Waals surface area contributed by atoms with E-state index in [1.807, 2.05) is 13.0 Å². The number of nitrogens with zero attached hydrogens (tertiary/aromatic N) is 1. The topological polar surface area (TPSA) is 85.2 Å². The van der Waals surface area contributed by atoms with Gasteiger partial charge in [0, 0.05) is 12.2 Å². The van der Waals surface area contributed by atoms with Crippen LogP contribution in [0.2, 0.25) is 0 Å². The van der Waals surface area contributed by atoms with Crippen LogP contribution in [0.3, 0.4) is 0 Å². The lowest BCUT2D eigenvalue weighted by molar-refractivity contribution is 0.0587. The summed E-state index contributed by atoms with van der Waals surface area (Å²) in [5.74, 6) is 0. The molecule has 1 aromatic carbocycles. The highest BCUT2D eigenvalue weighted by Crippen LogP contribution is 2.09. The Morgan fingerprint density at radius 1 is 1.44 bits per heavy atom. The maximum absolute atomic E-state index is 11.5. The van der Waals surface area contributed by atoms with Crippen LogP contribution in [0.5, 0.6) is 0 Å². The van der Waals surface area contributed by atoms with Crippen LogP contribution in [0.25, 0.3) is 0 Å². The monoisotopic (exact) mass is 247 g/mol. The van der Waals surface area contributed by atoms with Crippen LogP contribution in [0.4, 0.5) is 10.5 Å². The SMILES string of the molecule is CC[C@](C)(O)CNC(=O)Nc1ccc(C#N)cc1. The number of nitriles is 1. The molecule has 0 unspecified atom stereocenters. The first-order chi connectivity index (χ1) is 8.46. The molecule has 1 atom stereocenters. The molecule has 0 saturated heterocycles. The van der Waals surface area contributed by atoms with Gasteiger partial charge in [0.15, 0.2) is 0 Å². The summed E-state index contributed by atoms with van der Waals surface area (Å²) in [7, 11) is 0. The maximum atomic E-state index is 11.5. The van der Waals surface area contributed by atoms with Crippen molar-refractivity contribution in [2.75, 3.05) is 11.9 Å². The summed E-state index contributed by atoms with van der Waals surface area (Å²) in [6.45, 7) is 3.70. The van der Waals surface area contributed by atoms with Crippen LogP contribution in [-0.2, 0) is 0 Å². The van der Waals surface area contributed by atoms with Gasteiger partial charge in [-0.05, 0) is 37.6 Å². The number of nitrogens with one attached hydrogen (secondary N) is 2. The lowest BCUT2D eigenvalue weighted by Gasteiger charge is -2.21. The van der Waals surface area contributed by atoms with Crippen molar-refractivity contribution in [1.82, 2.24) is 5.32 Å². The fourth-order valence-electron chi connectivity index (χ4n) is 1.20. The molecule has 18 heavy (non-hydrogen) atoms. The van der Waals surface area contributed by atoms with Gasteiger partial charge in [0.2, 0.25) is 0 Å². The van der Waals surface area contributed by atoms with E-state index in [0.717, 1.165) is 0 Å². The van der Waals surface area contributed by atoms with Crippen LogP contribution < -0.4 is 10.6 Å². The van der Waals surface area contributed by atoms with E-state index in [2.05, 4.69) is 10.6 Å².